The van der Waals surface area contributed by atoms with Crippen LogP contribution in [0.5, 0.6) is 0 Å². The summed E-state index contributed by atoms with van der Waals surface area (Å²) in [5, 5.41) is 6.79. The maximum Gasteiger partial charge on any atom is 0.223 e. The number of hydrogen-bond acceptors (Lipinski definition) is 3. The molecule has 22 heavy (non-hydrogen) atoms. The van der Waals surface area contributed by atoms with Gasteiger partial charge in [0.2, 0.25) is 5.91 Å². The number of pyridine rings is 1. The number of carbonyl (C=O) groups excluding carboxylic acids is 1. The molecule has 1 aromatic heterocycles. The first kappa shape index (κ1) is 20.9. The van der Waals surface area contributed by atoms with Crippen molar-refractivity contribution in [3.8, 4) is 0 Å². The molecule has 1 aromatic rings. The van der Waals surface area contributed by atoms with Crippen molar-refractivity contribution in [2.75, 3.05) is 34.2 Å². The van der Waals surface area contributed by atoms with Gasteiger partial charge in [0.15, 0.2) is 5.96 Å². The highest BCUT2D eigenvalue weighted by atomic mass is 127. The molecule has 0 atom stereocenters. The Balaban J connectivity index is 0.00000441. The molecule has 0 fully saturated rings. The number of aromatic nitrogens is 1. The van der Waals surface area contributed by atoms with Crippen LogP contribution in [0.2, 0.25) is 5.15 Å². The van der Waals surface area contributed by atoms with E-state index in [9.17, 15) is 4.79 Å². The fraction of sp³-hybridized carbons (Fsp3) is 0.500. The minimum Gasteiger partial charge on any atom is -0.356 e. The summed E-state index contributed by atoms with van der Waals surface area (Å²) >= 11 is 5.74. The van der Waals surface area contributed by atoms with Crippen LogP contribution in [0.15, 0.2) is 23.3 Å². The Morgan fingerprint density at radius 3 is 2.55 bits per heavy atom. The maximum atomic E-state index is 11.4. The van der Waals surface area contributed by atoms with E-state index in [0.29, 0.717) is 24.1 Å². The van der Waals surface area contributed by atoms with Gasteiger partial charge in [0.1, 0.15) is 5.15 Å². The Labute approximate surface area is 153 Å². The number of guanidine groups is 1. The molecule has 0 spiro atoms. The lowest BCUT2D eigenvalue weighted by Gasteiger charge is -2.13. The topological polar surface area (TPSA) is 69.6 Å². The summed E-state index contributed by atoms with van der Waals surface area (Å²) in [6.07, 6.45) is 3.02. The van der Waals surface area contributed by atoms with E-state index in [-0.39, 0.29) is 29.9 Å². The van der Waals surface area contributed by atoms with E-state index >= 15 is 0 Å². The monoisotopic (exact) mass is 439 g/mol. The molecule has 6 nitrogen and oxygen atoms in total. The standard InChI is InChI=1S/C14H22ClN5O.HI/c1-16-14(18-9-7-13(21)20(2)3)17-8-6-11-4-5-12(15)19-10-11;/h4-5,10H,6-9H2,1-3H3,(H2,16,17,18);1H. The molecular weight excluding hydrogens is 417 g/mol. The predicted molar refractivity (Wildman–Crippen MR) is 101 cm³/mol. The SMILES string of the molecule is CN=C(NCCC(=O)N(C)C)NCCc1ccc(Cl)nc1.I. The lowest BCUT2D eigenvalue weighted by atomic mass is 10.2. The van der Waals surface area contributed by atoms with E-state index in [1.165, 1.54) is 0 Å². The summed E-state index contributed by atoms with van der Waals surface area (Å²) in [6, 6.07) is 3.72. The zero-order valence-corrected chi connectivity index (χ0v) is 16.2. The molecule has 0 saturated carbocycles. The summed E-state index contributed by atoms with van der Waals surface area (Å²) in [4.78, 5) is 21.2. The minimum atomic E-state index is 0. The van der Waals surface area contributed by atoms with E-state index < -0.39 is 0 Å². The fourth-order valence-electron chi connectivity index (χ4n) is 1.61. The van der Waals surface area contributed by atoms with Crippen LogP contribution in [-0.2, 0) is 11.2 Å². The quantitative estimate of drug-likeness (QED) is 0.305. The van der Waals surface area contributed by atoms with Gasteiger partial charge in [0, 0.05) is 46.9 Å². The summed E-state index contributed by atoms with van der Waals surface area (Å²) in [5.74, 6) is 0.772. The van der Waals surface area contributed by atoms with Gasteiger partial charge < -0.3 is 15.5 Å². The van der Waals surface area contributed by atoms with Crippen LogP contribution in [0.1, 0.15) is 12.0 Å². The first-order chi connectivity index (χ1) is 10.0. The number of hydrogen-bond donors (Lipinski definition) is 2. The minimum absolute atomic E-state index is 0. The number of rotatable bonds is 6. The third kappa shape index (κ3) is 8.38. The molecule has 0 aliphatic rings. The summed E-state index contributed by atoms with van der Waals surface area (Å²) in [7, 11) is 5.19. The largest absolute Gasteiger partial charge is 0.356 e. The van der Waals surface area contributed by atoms with E-state index in [4.69, 9.17) is 11.6 Å². The number of nitrogens with zero attached hydrogens (tertiary/aromatic N) is 3. The Bertz CT molecular complexity index is 479. The zero-order valence-electron chi connectivity index (χ0n) is 13.1. The van der Waals surface area contributed by atoms with Crippen molar-refractivity contribution in [2.45, 2.75) is 12.8 Å². The molecule has 0 bridgehead atoms. The first-order valence-electron chi connectivity index (χ1n) is 6.78. The van der Waals surface area contributed by atoms with Gasteiger partial charge in [-0.05, 0) is 18.1 Å². The average molecular weight is 440 g/mol. The number of aliphatic imine (C=N–C) groups is 1. The Kier molecular flexibility index (Phi) is 10.9. The number of carbonyl (C=O) groups is 1. The average Bonchev–Trinajstić information content (AvgIpc) is 2.47. The third-order valence-corrected chi connectivity index (χ3v) is 3.07. The van der Waals surface area contributed by atoms with Crippen LogP contribution in [-0.4, -0.2) is 56.0 Å². The van der Waals surface area contributed by atoms with Crippen molar-refractivity contribution in [3.05, 3.63) is 29.0 Å². The molecule has 0 aliphatic heterocycles. The van der Waals surface area contributed by atoms with Crippen LogP contribution < -0.4 is 10.6 Å². The highest BCUT2D eigenvalue weighted by Gasteiger charge is 2.04. The van der Waals surface area contributed by atoms with Crippen molar-refractivity contribution in [3.63, 3.8) is 0 Å². The number of amides is 1. The third-order valence-electron chi connectivity index (χ3n) is 2.85. The first-order valence-corrected chi connectivity index (χ1v) is 7.16. The fourth-order valence-corrected chi connectivity index (χ4v) is 1.72. The van der Waals surface area contributed by atoms with E-state index in [0.717, 1.165) is 18.5 Å². The smallest absolute Gasteiger partial charge is 0.223 e. The molecule has 0 aliphatic carbocycles. The van der Waals surface area contributed by atoms with Gasteiger partial charge in [-0.25, -0.2) is 4.98 Å². The second-order valence-electron chi connectivity index (χ2n) is 4.70. The van der Waals surface area contributed by atoms with Gasteiger partial charge in [-0.1, -0.05) is 17.7 Å². The molecule has 0 radical (unpaired) electrons. The number of nitrogens with one attached hydrogen (secondary N) is 2. The molecule has 1 heterocycles. The molecule has 0 aromatic carbocycles. The summed E-state index contributed by atoms with van der Waals surface area (Å²) in [5.41, 5.74) is 1.10. The summed E-state index contributed by atoms with van der Waals surface area (Å²) < 4.78 is 0. The van der Waals surface area contributed by atoms with Crippen LogP contribution in [0.4, 0.5) is 0 Å². The molecule has 8 heteroatoms. The molecular formula is C14H23ClIN5O. The van der Waals surface area contributed by atoms with E-state index in [2.05, 4.69) is 20.6 Å². The van der Waals surface area contributed by atoms with Crippen molar-refractivity contribution in [1.82, 2.24) is 20.5 Å². The number of halogens is 2. The second kappa shape index (κ2) is 11.5. The lowest BCUT2D eigenvalue weighted by molar-refractivity contribution is -0.128. The Morgan fingerprint density at radius 2 is 2.00 bits per heavy atom. The predicted octanol–water partition coefficient (Wildman–Crippen LogP) is 1.54. The van der Waals surface area contributed by atoms with Gasteiger partial charge >= 0.3 is 0 Å². The highest BCUT2D eigenvalue weighted by Crippen LogP contribution is 2.05. The lowest BCUT2D eigenvalue weighted by Crippen LogP contribution is -2.40. The second-order valence-corrected chi connectivity index (χ2v) is 5.09. The van der Waals surface area contributed by atoms with E-state index in [1.807, 2.05) is 6.07 Å². The van der Waals surface area contributed by atoms with Gasteiger partial charge in [-0.3, -0.25) is 9.79 Å². The van der Waals surface area contributed by atoms with Gasteiger partial charge in [-0.2, -0.15) is 0 Å². The molecule has 0 unspecified atom stereocenters. The highest BCUT2D eigenvalue weighted by molar-refractivity contribution is 14.0. The normalized spacial score (nSPS) is 10.6. The molecule has 124 valence electrons. The molecule has 1 rings (SSSR count). The van der Waals surface area contributed by atoms with Crippen LogP contribution in [0.3, 0.4) is 0 Å². The maximum absolute atomic E-state index is 11.4. The molecule has 1 amide bonds. The molecule has 2 N–H and O–H groups in total. The summed E-state index contributed by atoms with van der Waals surface area (Å²) in [6.45, 7) is 1.28. The van der Waals surface area contributed by atoms with Crippen molar-refractivity contribution >= 4 is 47.4 Å². The van der Waals surface area contributed by atoms with Crippen molar-refractivity contribution < 1.29 is 4.79 Å². The van der Waals surface area contributed by atoms with Gasteiger partial charge in [0.25, 0.3) is 0 Å². The van der Waals surface area contributed by atoms with Crippen molar-refractivity contribution in [2.24, 2.45) is 4.99 Å². The van der Waals surface area contributed by atoms with Gasteiger partial charge in [0.05, 0.1) is 0 Å². The zero-order chi connectivity index (χ0) is 15.7. The van der Waals surface area contributed by atoms with Crippen LogP contribution in [0.25, 0.3) is 0 Å². The van der Waals surface area contributed by atoms with Crippen molar-refractivity contribution in [1.29, 1.82) is 0 Å². The molecule has 0 saturated heterocycles. The van der Waals surface area contributed by atoms with Gasteiger partial charge in [-0.15, -0.1) is 24.0 Å². The van der Waals surface area contributed by atoms with Crippen LogP contribution >= 0.6 is 35.6 Å². The van der Waals surface area contributed by atoms with E-state index in [1.54, 1.807) is 38.3 Å². The van der Waals surface area contributed by atoms with Crippen LogP contribution in [0, 0.1) is 0 Å². The Morgan fingerprint density at radius 1 is 1.32 bits per heavy atom. The Hall–Kier alpha value is -1.09.